The van der Waals surface area contributed by atoms with Gasteiger partial charge >= 0.3 is 0 Å². The Labute approximate surface area is 168 Å². The van der Waals surface area contributed by atoms with E-state index < -0.39 is 22.6 Å². The van der Waals surface area contributed by atoms with E-state index in [1.807, 2.05) is 6.07 Å². The van der Waals surface area contributed by atoms with Crippen molar-refractivity contribution < 1.29 is 13.6 Å². The van der Waals surface area contributed by atoms with Crippen molar-refractivity contribution in [3.63, 3.8) is 0 Å². The van der Waals surface area contributed by atoms with Crippen molar-refractivity contribution >= 4 is 11.9 Å². The highest BCUT2D eigenvalue weighted by Crippen LogP contribution is 2.47. The molecule has 2 aromatic rings. The predicted molar refractivity (Wildman–Crippen MR) is 106 cm³/mol. The van der Waals surface area contributed by atoms with Gasteiger partial charge in [0.15, 0.2) is 5.96 Å². The van der Waals surface area contributed by atoms with Crippen LogP contribution in [0.25, 0.3) is 0 Å². The minimum atomic E-state index is -1.24. The molecule has 0 spiro atoms. The molecule has 29 heavy (non-hydrogen) atoms. The second-order valence-electron chi connectivity index (χ2n) is 7.94. The fraction of sp³-hybridized carbons (Fsp3) is 0.318. The number of hydrogen-bond donors (Lipinski definition) is 1. The Morgan fingerprint density at radius 2 is 1.79 bits per heavy atom. The Morgan fingerprint density at radius 3 is 2.45 bits per heavy atom. The molecule has 2 N–H and O–H groups in total. The van der Waals surface area contributed by atoms with Crippen molar-refractivity contribution in [3.8, 4) is 6.07 Å². The van der Waals surface area contributed by atoms with E-state index in [0.29, 0.717) is 16.7 Å². The highest BCUT2D eigenvalue weighted by atomic mass is 19.1. The summed E-state index contributed by atoms with van der Waals surface area (Å²) in [7, 11) is 1.53. The maximum atomic E-state index is 14.9. The van der Waals surface area contributed by atoms with E-state index in [1.54, 1.807) is 32.9 Å². The number of carbonyl (C=O) groups is 1. The van der Waals surface area contributed by atoms with Crippen LogP contribution in [0.5, 0.6) is 0 Å². The molecule has 0 aliphatic carbocycles. The summed E-state index contributed by atoms with van der Waals surface area (Å²) in [4.78, 5) is 18.5. The maximum Gasteiger partial charge on any atom is 0.237 e. The Balaban J connectivity index is 2.11. The van der Waals surface area contributed by atoms with E-state index in [2.05, 4.69) is 4.99 Å². The molecular formula is C22H22F2N4O. The smallest absolute Gasteiger partial charge is 0.237 e. The van der Waals surface area contributed by atoms with Gasteiger partial charge in [-0.3, -0.25) is 9.69 Å². The normalized spacial score (nSPS) is 20.9. The molecule has 7 heteroatoms. The molecule has 3 rings (SSSR count). The number of nitrogens with two attached hydrogens (primary N) is 1. The van der Waals surface area contributed by atoms with Crippen LogP contribution in [-0.4, -0.2) is 23.8 Å². The van der Waals surface area contributed by atoms with E-state index in [-0.39, 0.29) is 23.9 Å². The van der Waals surface area contributed by atoms with E-state index in [1.165, 1.54) is 36.2 Å². The van der Waals surface area contributed by atoms with Crippen LogP contribution in [0.15, 0.2) is 41.4 Å². The van der Waals surface area contributed by atoms with E-state index in [9.17, 15) is 13.6 Å². The molecule has 1 heterocycles. The van der Waals surface area contributed by atoms with E-state index >= 15 is 0 Å². The van der Waals surface area contributed by atoms with Gasteiger partial charge in [0.2, 0.25) is 5.91 Å². The van der Waals surface area contributed by atoms with Gasteiger partial charge in [-0.05, 0) is 56.2 Å². The molecule has 2 aromatic carbocycles. The second-order valence-corrected chi connectivity index (χ2v) is 7.94. The van der Waals surface area contributed by atoms with E-state index in [0.717, 1.165) is 0 Å². The van der Waals surface area contributed by atoms with Crippen LogP contribution in [-0.2, 0) is 16.8 Å². The summed E-state index contributed by atoms with van der Waals surface area (Å²) in [5.41, 5.74) is 5.13. The van der Waals surface area contributed by atoms with Gasteiger partial charge in [-0.1, -0.05) is 12.1 Å². The van der Waals surface area contributed by atoms with Crippen molar-refractivity contribution in [2.45, 2.75) is 32.7 Å². The summed E-state index contributed by atoms with van der Waals surface area (Å²) in [5, 5.41) is 9.05. The summed E-state index contributed by atoms with van der Waals surface area (Å²) in [6.45, 7) is 5.07. The number of halogens is 2. The van der Waals surface area contributed by atoms with Crippen molar-refractivity contribution in [3.05, 3.63) is 70.3 Å². The molecule has 0 fully saturated rings. The molecule has 0 unspecified atom stereocenters. The Kier molecular flexibility index (Phi) is 4.91. The quantitative estimate of drug-likeness (QED) is 0.863. The molecule has 1 atom stereocenters. The molecule has 1 aliphatic rings. The van der Waals surface area contributed by atoms with Gasteiger partial charge in [0.25, 0.3) is 0 Å². The van der Waals surface area contributed by atoms with Gasteiger partial charge in [0, 0.05) is 19.0 Å². The first-order valence-electron chi connectivity index (χ1n) is 9.12. The fourth-order valence-corrected chi connectivity index (χ4v) is 3.63. The molecule has 0 saturated heterocycles. The Hall–Kier alpha value is -3.27. The van der Waals surface area contributed by atoms with Crippen LogP contribution in [0.3, 0.4) is 0 Å². The third-order valence-corrected chi connectivity index (χ3v) is 5.86. The van der Waals surface area contributed by atoms with Crippen LogP contribution >= 0.6 is 0 Å². The minimum absolute atomic E-state index is 0.00870. The van der Waals surface area contributed by atoms with Gasteiger partial charge in [-0.2, -0.15) is 5.26 Å². The molecule has 0 radical (unpaired) electrons. The zero-order valence-corrected chi connectivity index (χ0v) is 16.8. The lowest BCUT2D eigenvalue weighted by molar-refractivity contribution is -0.140. The zero-order valence-electron chi connectivity index (χ0n) is 16.8. The van der Waals surface area contributed by atoms with Crippen molar-refractivity contribution in [1.82, 2.24) is 4.90 Å². The topological polar surface area (TPSA) is 82.5 Å². The standard InChI is InChI=1S/C22H22F2N4O/c1-21(2)19(29)28(4)20(26)27-22(21,3)16-11-13(5-8-18(16)24)9-15-10-14(12-25)6-7-17(15)23/h5-8,10-11H,9H2,1-4H3,(H2,26,27)/t22-/m1/s1. The first-order valence-corrected chi connectivity index (χ1v) is 9.12. The average Bonchev–Trinajstić information content (AvgIpc) is 2.68. The van der Waals surface area contributed by atoms with Crippen LogP contribution in [0.2, 0.25) is 0 Å². The summed E-state index contributed by atoms with van der Waals surface area (Å²) >= 11 is 0. The number of hydrogen-bond acceptors (Lipinski definition) is 4. The SMILES string of the molecule is CN1C(=O)C(C)(C)[C@@](C)(c2cc(Cc3cc(C#N)ccc3F)ccc2F)N=C1N. The van der Waals surface area contributed by atoms with Crippen LogP contribution in [0.1, 0.15) is 43.0 Å². The average molecular weight is 396 g/mol. The number of benzene rings is 2. The monoisotopic (exact) mass is 396 g/mol. The molecule has 1 aliphatic heterocycles. The number of nitrogens with zero attached hydrogens (tertiary/aromatic N) is 3. The van der Waals surface area contributed by atoms with Crippen LogP contribution in [0, 0.1) is 28.4 Å². The minimum Gasteiger partial charge on any atom is -0.369 e. The molecule has 0 saturated carbocycles. The lowest BCUT2D eigenvalue weighted by Gasteiger charge is -2.46. The van der Waals surface area contributed by atoms with Crippen LogP contribution in [0.4, 0.5) is 8.78 Å². The Morgan fingerprint density at radius 1 is 1.14 bits per heavy atom. The van der Waals surface area contributed by atoms with Gasteiger partial charge in [-0.25, -0.2) is 13.8 Å². The van der Waals surface area contributed by atoms with Gasteiger partial charge in [0.1, 0.15) is 17.2 Å². The van der Waals surface area contributed by atoms with Crippen molar-refractivity contribution in [1.29, 1.82) is 5.26 Å². The highest BCUT2D eigenvalue weighted by Gasteiger charge is 2.53. The third kappa shape index (κ3) is 3.25. The van der Waals surface area contributed by atoms with Gasteiger partial charge in [-0.15, -0.1) is 0 Å². The third-order valence-electron chi connectivity index (χ3n) is 5.86. The summed E-state index contributed by atoms with van der Waals surface area (Å²) < 4.78 is 29.1. The lowest BCUT2D eigenvalue weighted by atomic mass is 9.67. The predicted octanol–water partition coefficient (Wildman–Crippen LogP) is 3.46. The number of carbonyl (C=O) groups excluding carboxylic acids is 1. The van der Waals surface area contributed by atoms with Crippen molar-refractivity contribution in [2.75, 3.05) is 7.05 Å². The van der Waals surface area contributed by atoms with E-state index in [4.69, 9.17) is 11.0 Å². The molecule has 1 amide bonds. The Bertz CT molecular complexity index is 1070. The van der Waals surface area contributed by atoms with Crippen LogP contribution < -0.4 is 5.73 Å². The molecule has 0 aromatic heterocycles. The molecule has 0 bridgehead atoms. The highest BCUT2D eigenvalue weighted by molar-refractivity contribution is 6.01. The lowest BCUT2D eigenvalue weighted by Crippen LogP contribution is -2.58. The number of rotatable bonds is 3. The summed E-state index contributed by atoms with van der Waals surface area (Å²) in [6.07, 6.45) is 0.165. The van der Waals surface area contributed by atoms with Crippen molar-refractivity contribution in [2.24, 2.45) is 16.1 Å². The fourth-order valence-electron chi connectivity index (χ4n) is 3.63. The first-order chi connectivity index (χ1) is 13.5. The van der Waals surface area contributed by atoms with Gasteiger partial charge in [0.05, 0.1) is 17.0 Å². The molecule has 5 nitrogen and oxygen atoms in total. The number of nitriles is 1. The number of guanidine groups is 1. The maximum absolute atomic E-state index is 14.9. The first kappa shape index (κ1) is 20.5. The summed E-state index contributed by atoms with van der Waals surface area (Å²) in [6, 6.07) is 10.5. The largest absolute Gasteiger partial charge is 0.369 e. The second kappa shape index (κ2) is 6.96. The number of amides is 1. The summed E-state index contributed by atoms with van der Waals surface area (Å²) in [5.74, 6) is -1.23. The van der Waals surface area contributed by atoms with Gasteiger partial charge < -0.3 is 5.73 Å². The zero-order chi connectivity index (χ0) is 21.6. The molecular weight excluding hydrogens is 374 g/mol. The number of aliphatic imine (C=N–C) groups is 1. The molecule has 150 valence electrons.